The van der Waals surface area contributed by atoms with E-state index in [1.807, 2.05) is 28.9 Å². The van der Waals surface area contributed by atoms with Crippen LogP contribution in [0, 0.1) is 11.3 Å². The van der Waals surface area contributed by atoms with Gasteiger partial charge in [-0.3, -0.25) is 0 Å². The highest BCUT2D eigenvalue weighted by Gasteiger charge is 2.06. The third kappa shape index (κ3) is 4.06. The van der Waals surface area contributed by atoms with E-state index in [0.29, 0.717) is 12.1 Å². The monoisotopic (exact) mass is 317 g/mol. The van der Waals surface area contributed by atoms with E-state index >= 15 is 0 Å². The standard InChI is InChI=1S/C19H19N5/c1-15(19-7-3-4-16(9-19)10-20)22-11-17-5-2-6-18(8-17)12-24-14-21-13-23-24/h2-9,13-15,22H,11-12H2,1H3. The molecule has 0 spiro atoms. The van der Waals surface area contributed by atoms with Crippen molar-refractivity contribution in [3.05, 3.63) is 83.4 Å². The van der Waals surface area contributed by atoms with E-state index < -0.39 is 0 Å². The summed E-state index contributed by atoms with van der Waals surface area (Å²) in [5, 5.41) is 16.6. The molecule has 0 aliphatic heterocycles. The lowest BCUT2D eigenvalue weighted by atomic mass is 10.0. The van der Waals surface area contributed by atoms with Gasteiger partial charge in [0.15, 0.2) is 0 Å². The zero-order chi connectivity index (χ0) is 16.8. The first-order chi connectivity index (χ1) is 11.7. The predicted octanol–water partition coefficient (Wildman–Crippen LogP) is 3.05. The van der Waals surface area contributed by atoms with Crippen LogP contribution in [0.1, 0.15) is 35.2 Å². The van der Waals surface area contributed by atoms with Crippen LogP contribution in [0.25, 0.3) is 0 Å². The highest BCUT2D eigenvalue weighted by atomic mass is 15.3. The minimum Gasteiger partial charge on any atom is -0.306 e. The second-order valence-corrected chi connectivity index (χ2v) is 5.75. The number of nitriles is 1. The first kappa shape index (κ1) is 15.9. The molecule has 0 saturated carbocycles. The maximum absolute atomic E-state index is 9.01. The second kappa shape index (κ2) is 7.53. The van der Waals surface area contributed by atoms with Crippen molar-refractivity contribution in [1.82, 2.24) is 20.1 Å². The largest absolute Gasteiger partial charge is 0.306 e. The van der Waals surface area contributed by atoms with Gasteiger partial charge in [-0.1, -0.05) is 36.4 Å². The molecule has 3 rings (SSSR count). The number of hydrogen-bond acceptors (Lipinski definition) is 4. The van der Waals surface area contributed by atoms with Crippen LogP contribution in [0.15, 0.2) is 61.2 Å². The van der Waals surface area contributed by atoms with Gasteiger partial charge in [0.05, 0.1) is 18.2 Å². The van der Waals surface area contributed by atoms with Crippen LogP contribution < -0.4 is 5.32 Å². The second-order valence-electron chi connectivity index (χ2n) is 5.75. The van der Waals surface area contributed by atoms with Gasteiger partial charge in [-0.15, -0.1) is 0 Å². The average molecular weight is 317 g/mol. The maximum atomic E-state index is 9.01. The minimum absolute atomic E-state index is 0.178. The molecular weight excluding hydrogens is 298 g/mol. The average Bonchev–Trinajstić information content (AvgIpc) is 3.13. The molecule has 0 fully saturated rings. The van der Waals surface area contributed by atoms with Crippen LogP contribution in [0.2, 0.25) is 0 Å². The Hall–Kier alpha value is -2.97. The molecule has 1 N–H and O–H groups in total. The molecule has 0 amide bonds. The fourth-order valence-corrected chi connectivity index (χ4v) is 2.61. The van der Waals surface area contributed by atoms with Crippen LogP contribution in [0.4, 0.5) is 0 Å². The third-order valence-corrected chi connectivity index (χ3v) is 3.93. The van der Waals surface area contributed by atoms with Gasteiger partial charge in [0, 0.05) is 12.6 Å². The van der Waals surface area contributed by atoms with Gasteiger partial charge in [-0.25, -0.2) is 9.67 Å². The molecule has 1 atom stereocenters. The fraction of sp³-hybridized carbons (Fsp3) is 0.211. The Morgan fingerprint density at radius 3 is 2.79 bits per heavy atom. The zero-order valence-electron chi connectivity index (χ0n) is 13.6. The molecule has 1 unspecified atom stereocenters. The third-order valence-electron chi connectivity index (χ3n) is 3.93. The number of nitrogens with zero attached hydrogens (tertiary/aromatic N) is 4. The summed E-state index contributed by atoms with van der Waals surface area (Å²) in [6, 6.07) is 18.5. The molecular formula is C19H19N5. The van der Waals surface area contributed by atoms with Gasteiger partial charge in [-0.05, 0) is 35.7 Å². The van der Waals surface area contributed by atoms with Gasteiger partial charge in [0.25, 0.3) is 0 Å². The normalized spacial score (nSPS) is 11.8. The lowest BCUT2D eigenvalue weighted by Gasteiger charge is -2.15. The highest BCUT2D eigenvalue weighted by Crippen LogP contribution is 2.15. The number of aromatic nitrogens is 3. The van der Waals surface area contributed by atoms with E-state index in [2.05, 4.69) is 52.7 Å². The maximum Gasteiger partial charge on any atom is 0.137 e. The van der Waals surface area contributed by atoms with Crippen molar-refractivity contribution in [2.45, 2.75) is 26.1 Å². The van der Waals surface area contributed by atoms with Crippen molar-refractivity contribution < 1.29 is 0 Å². The smallest absolute Gasteiger partial charge is 0.137 e. The van der Waals surface area contributed by atoms with Crippen molar-refractivity contribution >= 4 is 0 Å². The lowest BCUT2D eigenvalue weighted by Crippen LogP contribution is -2.18. The number of benzene rings is 2. The summed E-state index contributed by atoms with van der Waals surface area (Å²) in [5.41, 5.74) is 4.22. The number of hydrogen-bond donors (Lipinski definition) is 1. The number of nitrogens with one attached hydrogen (secondary N) is 1. The molecule has 5 nitrogen and oxygen atoms in total. The molecule has 5 heteroatoms. The minimum atomic E-state index is 0.178. The molecule has 24 heavy (non-hydrogen) atoms. The van der Waals surface area contributed by atoms with Crippen LogP contribution in [0.3, 0.4) is 0 Å². The Morgan fingerprint density at radius 2 is 2.00 bits per heavy atom. The quantitative estimate of drug-likeness (QED) is 0.759. The van der Waals surface area contributed by atoms with Crippen LogP contribution in [-0.4, -0.2) is 14.8 Å². The van der Waals surface area contributed by atoms with Crippen LogP contribution in [-0.2, 0) is 13.1 Å². The molecule has 0 aliphatic rings. The van der Waals surface area contributed by atoms with E-state index in [-0.39, 0.29) is 6.04 Å². The van der Waals surface area contributed by atoms with E-state index in [1.165, 1.54) is 11.1 Å². The van der Waals surface area contributed by atoms with Crippen molar-refractivity contribution in [3.8, 4) is 6.07 Å². The van der Waals surface area contributed by atoms with Crippen molar-refractivity contribution in [3.63, 3.8) is 0 Å². The van der Waals surface area contributed by atoms with Gasteiger partial charge in [-0.2, -0.15) is 10.4 Å². The topological polar surface area (TPSA) is 66.5 Å². The summed E-state index contributed by atoms with van der Waals surface area (Å²) in [5.74, 6) is 0. The Morgan fingerprint density at radius 1 is 1.17 bits per heavy atom. The molecule has 1 aromatic heterocycles. The van der Waals surface area contributed by atoms with Gasteiger partial charge >= 0.3 is 0 Å². The van der Waals surface area contributed by atoms with Crippen molar-refractivity contribution in [2.75, 3.05) is 0 Å². The van der Waals surface area contributed by atoms with Gasteiger partial charge in [0.1, 0.15) is 12.7 Å². The first-order valence-corrected chi connectivity index (χ1v) is 7.88. The summed E-state index contributed by atoms with van der Waals surface area (Å²) in [6.07, 6.45) is 3.26. The van der Waals surface area contributed by atoms with E-state index in [1.54, 1.807) is 12.7 Å². The van der Waals surface area contributed by atoms with E-state index in [0.717, 1.165) is 12.1 Å². The highest BCUT2D eigenvalue weighted by molar-refractivity contribution is 5.34. The molecule has 120 valence electrons. The Kier molecular flexibility index (Phi) is 4.99. The summed E-state index contributed by atoms with van der Waals surface area (Å²) in [6.45, 7) is 3.59. The van der Waals surface area contributed by atoms with Crippen LogP contribution >= 0.6 is 0 Å². The molecule has 0 bridgehead atoms. The van der Waals surface area contributed by atoms with Crippen LogP contribution in [0.5, 0.6) is 0 Å². The first-order valence-electron chi connectivity index (χ1n) is 7.88. The molecule has 1 heterocycles. The predicted molar refractivity (Wildman–Crippen MR) is 92.0 cm³/mol. The molecule has 0 aliphatic carbocycles. The lowest BCUT2D eigenvalue weighted by molar-refractivity contribution is 0.574. The molecule has 0 saturated heterocycles. The van der Waals surface area contributed by atoms with E-state index in [9.17, 15) is 0 Å². The van der Waals surface area contributed by atoms with Gasteiger partial charge < -0.3 is 5.32 Å². The Labute approximate surface area is 141 Å². The Bertz CT molecular complexity index is 833. The van der Waals surface area contributed by atoms with E-state index in [4.69, 9.17) is 5.26 Å². The van der Waals surface area contributed by atoms with Gasteiger partial charge in [0.2, 0.25) is 0 Å². The fourth-order valence-electron chi connectivity index (χ4n) is 2.61. The summed E-state index contributed by atoms with van der Waals surface area (Å²) in [7, 11) is 0. The molecule has 0 radical (unpaired) electrons. The zero-order valence-corrected chi connectivity index (χ0v) is 13.6. The summed E-state index contributed by atoms with van der Waals surface area (Å²) in [4.78, 5) is 3.96. The Balaban J connectivity index is 1.62. The van der Waals surface area contributed by atoms with Crippen molar-refractivity contribution in [2.24, 2.45) is 0 Å². The molecule has 3 aromatic rings. The summed E-state index contributed by atoms with van der Waals surface area (Å²) < 4.78 is 1.81. The number of rotatable bonds is 6. The SMILES string of the molecule is CC(NCc1cccc(Cn2cncn2)c1)c1cccc(C#N)c1. The molecule has 2 aromatic carbocycles. The summed E-state index contributed by atoms with van der Waals surface area (Å²) >= 11 is 0. The van der Waals surface area contributed by atoms with Crippen molar-refractivity contribution in [1.29, 1.82) is 5.26 Å².